The first-order valence-electron chi connectivity index (χ1n) is 6.65. The Morgan fingerprint density at radius 1 is 1.24 bits per heavy atom. The molecule has 21 heavy (non-hydrogen) atoms. The summed E-state index contributed by atoms with van der Waals surface area (Å²) in [6.45, 7) is 0. The molecular weight excluding hydrogens is 268 g/mol. The lowest BCUT2D eigenvalue weighted by Gasteiger charge is -2.06. The second kappa shape index (κ2) is 5.25. The van der Waals surface area contributed by atoms with E-state index < -0.39 is 5.91 Å². The zero-order valence-electron chi connectivity index (χ0n) is 11.2. The summed E-state index contributed by atoms with van der Waals surface area (Å²) in [5.41, 5.74) is 1.61. The van der Waals surface area contributed by atoms with E-state index in [-0.39, 0.29) is 11.5 Å². The molecule has 2 aromatic rings. The summed E-state index contributed by atoms with van der Waals surface area (Å²) in [5.74, 6) is 0.357. The molecular formula is C16H12N2O3. The Morgan fingerprint density at radius 2 is 2.00 bits per heavy atom. The molecule has 0 saturated heterocycles. The van der Waals surface area contributed by atoms with Gasteiger partial charge in [-0.25, -0.2) is 0 Å². The number of carbonyl (C=O) groups excluding carboxylic acids is 2. The van der Waals surface area contributed by atoms with Gasteiger partial charge in [-0.2, -0.15) is 5.26 Å². The van der Waals surface area contributed by atoms with Crippen molar-refractivity contribution >= 4 is 17.4 Å². The SMILES string of the molecule is N#Cc1ccc(NC(=O)c2cc3c(o2)CCCC3=O)cc1. The number of fused-ring (bicyclic) bond motifs is 1. The van der Waals surface area contributed by atoms with Gasteiger partial charge in [0.15, 0.2) is 11.5 Å². The molecule has 0 atom stereocenters. The van der Waals surface area contributed by atoms with Crippen LogP contribution in [0.4, 0.5) is 5.69 Å². The number of hydrogen-bond acceptors (Lipinski definition) is 4. The van der Waals surface area contributed by atoms with Gasteiger partial charge in [-0.1, -0.05) is 0 Å². The number of ketones is 1. The Labute approximate surface area is 121 Å². The van der Waals surface area contributed by atoms with Crippen molar-refractivity contribution < 1.29 is 14.0 Å². The third kappa shape index (κ3) is 2.56. The van der Waals surface area contributed by atoms with Gasteiger partial charge in [-0.3, -0.25) is 9.59 Å². The normalized spacial score (nSPS) is 13.4. The number of carbonyl (C=O) groups is 2. The first kappa shape index (κ1) is 13.1. The summed E-state index contributed by atoms with van der Waals surface area (Å²) >= 11 is 0. The van der Waals surface area contributed by atoms with Crippen LogP contribution in [0.15, 0.2) is 34.7 Å². The maximum atomic E-state index is 12.1. The van der Waals surface area contributed by atoms with E-state index >= 15 is 0 Å². The van der Waals surface area contributed by atoms with Crippen molar-refractivity contribution in [3.8, 4) is 6.07 Å². The smallest absolute Gasteiger partial charge is 0.291 e. The van der Waals surface area contributed by atoms with Crippen molar-refractivity contribution in [1.29, 1.82) is 5.26 Å². The van der Waals surface area contributed by atoms with Crippen molar-refractivity contribution in [2.45, 2.75) is 19.3 Å². The number of nitrogens with zero attached hydrogens (tertiary/aromatic N) is 1. The molecule has 0 unspecified atom stereocenters. The van der Waals surface area contributed by atoms with Crippen LogP contribution in [0.2, 0.25) is 0 Å². The highest BCUT2D eigenvalue weighted by Crippen LogP contribution is 2.25. The van der Waals surface area contributed by atoms with Crippen LogP contribution >= 0.6 is 0 Å². The third-order valence-corrected chi connectivity index (χ3v) is 3.41. The quantitative estimate of drug-likeness (QED) is 0.916. The van der Waals surface area contributed by atoms with Gasteiger partial charge < -0.3 is 9.73 Å². The molecule has 0 aliphatic heterocycles. The molecule has 1 heterocycles. The summed E-state index contributed by atoms with van der Waals surface area (Å²) in [5, 5.41) is 11.4. The van der Waals surface area contributed by atoms with Crippen LogP contribution in [0.3, 0.4) is 0 Å². The minimum atomic E-state index is -0.401. The van der Waals surface area contributed by atoms with E-state index in [9.17, 15) is 9.59 Å². The summed E-state index contributed by atoms with van der Waals surface area (Å²) in [7, 11) is 0. The summed E-state index contributed by atoms with van der Waals surface area (Å²) < 4.78 is 5.47. The number of aryl methyl sites for hydroxylation is 1. The predicted octanol–water partition coefficient (Wildman–Crippen LogP) is 2.92. The molecule has 3 rings (SSSR count). The number of amides is 1. The highest BCUT2D eigenvalue weighted by molar-refractivity contribution is 6.05. The average Bonchev–Trinajstić information content (AvgIpc) is 2.94. The van der Waals surface area contributed by atoms with Crippen molar-refractivity contribution in [2.75, 3.05) is 5.32 Å². The Morgan fingerprint density at radius 3 is 2.67 bits per heavy atom. The van der Waals surface area contributed by atoms with E-state index in [1.807, 2.05) is 6.07 Å². The van der Waals surface area contributed by atoms with Crippen LogP contribution in [0.5, 0.6) is 0 Å². The lowest BCUT2D eigenvalue weighted by atomic mass is 9.97. The average molecular weight is 280 g/mol. The Balaban J connectivity index is 1.79. The molecule has 0 bridgehead atoms. The lowest BCUT2D eigenvalue weighted by Crippen LogP contribution is -2.10. The van der Waals surface area contributed by atoms with E-state index in [4.69, 9.17) is 9.68 Å². The van der Waals surface area contributed by atoms with Gasteiger partial charge in [-0.05, 0) is 30.7 Å². The summed E-state index contributed by atoms with van der Waals surface area (Å²) in [4.78, 5) is 23.8. The Bertz CT molecular complexity index is 751. The molecule has 5 heteroatoms. The van der Waals surface area contributed by atoms with Gasteiger partial charge >= 0.3 is 0 Å². The van der Waals surface area contributed by atoms with E-state index in [0.717, 1.165) is 6.42 Å². The number of Topliss-reactive ketones (excluding diaryl/α,β-unsaturated/α-hetero) is 1. The topological polar surface area (TPSA) is 83.1 Å². The molecule has 0 fully saturated rings. The largest absolute Gasteiger partial charge is 0.455 e. The molecule has 104 valence electrons. The number of furan rings is 1. The molecule has 1 amide bonds. The summed E-state index contributed by atoms with van der Waals surface area (Å²) in [6.07, 6.45) is 1.95. The van der Waals surface area contributed by atoms with Crippen LogP contribution < -0.4 is 5.32 Å². The van der Waals surface area contributed by atoms with Crippen LogP contribution in [-0.2, 0) is 6.42 Å². The third-order valence-electron chi connectivity index (χ3n) is 3.41. The zero-order chi connectivity index (χ0) is 14.8. The molecule has 0 spiro atoms. The summed E-state index contributed by atoms with van der Waals surface area (Å²) in [6, 6.07) is 10.0. The number of hydrogen-bond donors (Lipinski definition) is 1. The van der Waals surface area contributed by atoms with Gasteiger partial charge in [0.05, 0.1) is 17.2 Å². The van der Waals surface area contributed by atoms with Crippen LogP contribution in [-0.4, -0.2) is 11.7 Å². The van der Waals surface area contributed by atoms with Crippen molar-refractivity contribution in [2.24, 2.45) is 0 Å². The van der Waals surface area contributed by atoms with E-state index in [1.54, 1.807) is 24.3 Å². The van der Waals surface area contributed by atoms with Gasteiger partial charge in [0.1, 0.15) is 5.76 Å². The Kier molecular flexibility index (Phi) is 3.28. The molecule has 1 aromatic heterocycles. The van der Waals surface area contributed by atoms with Crippen LogP contribution in [0, 0.1) is 11.3 Å². The lowest BCUT2D eigenvalue weighted by molar-refractivity contribution is 0.0963. The molecule has 1 aliphatic rings. The van der Waals surface area contributed by atoms with Gasteiger partial charge in [0.2, 0.25) is 0 Å². The second-order valence-electron chi connectivity index (χ2n) is 4.87. The van der Waals surface area contributed by atoms with E-state index in [2.05, 4.69) is 5.32 Å². The fourth-order valence-corrected chi connectivity index (χ4v) is 2.33. The monoisotopic (exact) mass is 280 g/mol. The second-order valence-corrected chi connectivity index (χ2v) is 4.87. The maximum absolute atomic E-state index is 12.1. The molecule has 0 radical (unpaired) electrons. The fourth-order valence-electron chi connectivity index (χ4n) is 2.33. The van der Waals surface area contributed by atoms with Gasteiger partial charge in [0, 0.05) is 24.6 Å². The van der Waals surface area contributed by atoms with Gasteiger partial charge in [-0.15, -0.1) is 0 Å². The van der Waals surface area contributed by atoms with Crippen molar-refractivity contribution in [1.82, 2.24) is 0 Å². The number of nitrogens with one attached hydrogen (secondary N) is 1. The fraction of sp³-hybridized carbons (Fsp3) is 0.188. The highest BCUT2D eigenvalue weighted by Gasteiger charge is 2.24. The Hall–Kier alpha value is -2.87. The van der Waals surface area contributed by atoms with Crippen LogP contribution in [0.1, 0.15) is 45.1 Å². The molecule has 1 aliphatic carbocycles. The number of anilines is 1. The van der Waals surface area contributed by atoms with E-state index in [1.165, 1.54) is 6.07 Å². The number of benzene rings is 1. The van der Waals surface area contributed by atoms with Crippen molar-refractivity contribution in [3.05, 3.63) is 53.0 Å². The van der Waals surface area contributed by atoms with Crippen molar-refractivity contribution in [3.63, 3.8) is 0 Å². The van der Waals surface area contributed by atoms with Crippen LogP contribution in [0.25, 0.3) is 0 Å². The predicted molar refractivity (Wildman–Crippen MR) is 75.1 cm³/mol. The zero-order valence-corrected chi connectivity index (χ0v) is 11.2. The minimum Gasteiger partial charge on any atom is -0.455 e. The molecule has 0 saturated carbocycles. The number of rotatable bonds is 2. The first-order chi connectivity index (χ1) is 10.2. The molecule has 1 aromatic carbocycles. The standard InChI is InChI=1S/C16H12N2O3/c17-9-10-4-6-11(7-5-10)18-16(20)15-8-12-13(19)2-1-3-14(12)21-15/h4-8H,1-3H2,(H,18,20). The van der Waals surface area contributed by atoms with E-state index in [0.29, 0.717) is 35.4 Å². The number of nitriles is 1. The minimum absolute atomic E-state index is 0.0254. The highest BCUT2D eigenvalue weighted by atomic mass is 16.4. The first-order valence-corrected chi connectivity index (χ1v) is 6.65. The van der Waals surface area contributed by atoms with Gasteiger partial charge in [0.25, 0.3) is 5.91 Å². The molecule has 5 nitrogen and oxygen atoms in total. The molecule has 1 N–H and O–H groups in total. The maximum Gasteiger partial charge on any atom is 0.291 e.